The van der Waals surface area contributed by atoms with Crippen molar-refractivity contribution in [3.63, 3.8) is 0 Å². The third-order valence-corrected chi connectivity index (χ3v) is 3.73. The van der Waals surface area contributed by atoms with E-state index in [-0.39, 0.29) is 18.2 Å². The largest absolute Gasteiger partial charge is 0.305 e. The molecule has 1 N–H and O–H groups in total. The second kappa shape index (κ2) is 7.23. The Morgan fingerprint density at radius 3 is 2.67 bits per heavy atom. The fraction of sp³-hybridized carbons (Fsp3) is 0.176. The first kappa shape index (κ1) is 16.1. The van der Waals surface area contributed by atoms with Gasteiger partial charge in [-0.2, -0.15) is 5.10 Å². The monoisotopic (exact) mass is 342 g/mol. The smallest absolute Gasteiger partial charge is 0.273 e. The number of hydrogen-bond donors (Lipinski definition) is 1. The Labute approximate surface area is 144 Å². The van der Waals surface area contributed by atoms with Crippen molar-refractivity contribution in [2.75, 3.05) is 5.32 Å². The molecule has 1 aliphatic rings. The van der Waals surface area contributed by atoms with Gasteiger partial charge in [-0.3, -0.25) is 9.59 Å². The van der Waals surface area contributed by atoms with E-state index in [1.54, 1.807) is 12.1 Å². The molecule has 0 spiro atoms. The molecule has 2 heterocycles. The number of nitrogens with zero attached hydrogens (tertiary/aromatic N) is 3. The van der Waals surface area contributed by atoms with E-state index in [1.807, 2.05) is 30.3 Å². The lowest BCUT2D eigenvalue weighted by molar-refractivity contribution is -0.132. The van der Waals surface area contributed by atoms with Crippen LogP contribution in [0.5, 0.6) is 0 Å². The van der Waals surface area contributed by atoms with E-state index in [1.165, 1.54) is 11.2 Å². The van der Waals surface area contributed by atoms with Crippen molar-refractivity contribution in [1.29, 1.82) is 0 Å². The molecular weight excluding hydrogens is 328 g/mol. The van der Waals surface area contributed by atoms with Crippen molar-refractivity contribution in [3.05, 3.63) is 59.2 Å². The van der Waals surface area contributed by atoms with Gasteiger partial charge in [0.25, 0.3) is 5.91 Å². The van der Waals surface area contributed by atoms with E-state index in [4.69, 9.17) is 11.6 Å². The van der Waals surface area contributed by atoms with Gasteiger partial charge in [0.2, 0.25) is 5.91 Å². The summed E-state index contributed by atoms with van der Waals surface area (Å²) in [5.41, 5.74) is 1.26. The first-order chi connectivity index (χ1) is 11.6. The molecule has 7 heteroatoms. The summed E-state index contributed by atoms with van der Waals surface area (Å²) in [5, 5.41) is 8.69. The van der Waals surface area contributed by atoms with Gasteiger partial charge in [0.05, 0.1) is 11.6 Å². The number of pyridine rings is 1. The Kier molecular flexibility index (Phi) is 4.86. The number of anilines is 1. The molecule has 24 heavy (non-hydrogen) atoms. The fourth-order valence-corrected chi connectivity index (χ4v) is 2.39. The lowest BCUT2D eigenvalue weighted by Crippen LogP contribution is -2.36. The molecule has 1 aliphatic heterocycles. The van der Waals surface area contributed by atoms with Crippen LogP contribution in [0.4, 0.5) is 5.82 Å². The quantitative estimate of drug-likeness (QED) is 0.928. The van der Waals surface area contributed by atoms with Crippen LogP contribution in [0.1, 0.15) is 18.4 Å². The Morgan fingerprint density at radius 2 is 1.96 bits per heavy atom. The highest BCUT2D eigenvalue weighted by atomic mass is 35.5. The van der Waals surface area contributed by atoms with E-state index < -0.39 is 0 Å². The number of halogens is 1. The topological polar surface area (TPSA) is 74.7 Å². The maximum Gasteiger partial charge on any atom is 0.273 e. The Morgan fingerprint density at radius 1 is 1.17 bits per heavy atom. The van der Waals surface area contributed by atoms with Crippen LogP contribution in [0.15, 0.2) is 53.8 Å². The van der Waals surface area contributed by atoms with Gasteiger partial charge in [-0.1, -0.05) is 41.9 Å². The number of nitrogens with one attached hydrogen (secondary N) is 1. The molecule has 122 valence electrons. The van der Waals surface area contributed by atoms with Crippen LogP contribution in [0.2, 0.25) is 5.02 Å². The number of hydrazone groups is 1. The van der Waals surface area contributed by atoms with Crippen LogP contribution >= 0.6 is 11.6 Å². The van der Waals surface area contributed by atoms with E-state index >= 15 is 0 Å². The van der Waals surface area contributed by atoms with E-state index in [9.17, 15) is 9.59 Å². The number of aromatic nitrogens is 1. The summed E-state index contributed by atoms with van der Waals surface area (Å²) in [6, 6.07) is 12.8. The molecule has 0 unspecified atom stereocenters. The predicted molar refractivity (Wildman–Crippen MR) is 91.5 cm³/mol. The summed E-state index contributed by atoms with van der Waals surface area (Å²) in [6.45, 7) is 0.343. The number of hydrogen-bond acceptors (Lipinski definition) is 4. The zero-order valence-electron chi connectivity index (χ0n) is 12.8. The van der Waals surface area contributed by atoms with Crippen LogP contribution < -0.4 is 5.32 Å². The first-order valence-corrected chi connectivity index (χ1v) is 7.84. The van der Waals surface area contributed by atoms with Gasteiger partial charge in [-0.05, 0) is 17.7 Å². The van der Waals surface area contributed by atoms with Crippen LogP contribution in [0.3, 0.4) is 0 Å². The molecule has 0 radical (unpaired) electrons. The maximum atomic E-state index is 12.3. The molecule has 1 aromatic carbocycles. The number of carbonyl (C=O) groups excluding carboxylic acids is 2. The summed E-state index contributed by atoms with van der Waals surface area (Å²) in [5.74, 6) is -0.0750. The summed E-state index contributed by atoms with van der Waals surface area (Å²) in [6.07, 6.45) is 2.02. The molecule has 0 saturated heterocycles. The molecule has 1 aromatic heterocycles. The zero-order chi connectivity index (χ0) is 16.9. The summed E-state index contributed by atoms with van der Waals surface area (Å²) >= 11 is 5.77. The summed E-state index contributed by atoms with van der Waals surface area (Å²) < 4.78 is 0. The molecule has 0 fully saturated rings. The van der Waals surface area contributed by atoms with E-state index in [2.05, 4.69) is 15.4 Å². The number of benzene rings is 1. The molecule has 2 amide bonds. The van der Waals surface area contributed by atoms with Crippen LogP contribution in [-0.2, 0) is 16.1 Å². The van der Waals surface area contributed by atoms with Crippen LogP contribution in [0.25, 0.3) is 0 Å². The van der Waals surface area contributed by atoms with Crippen molar-refractivity contribution in [2.24, 2.45) is 5.10 Å². The van der Waals surface area contributed by atoms with Gasteiger partial charge in [0.1, 0.15) is 11.5 Å². The Hall–Kier alpha value is -2.73. The van der Waals surface area contributed by atoms with E-state index in [0.29, 0.717) is 29.5 Å². The molecule has 3 rings (SSSR count). The van der Waals surface area contributed by atoms with Crippen molar-refractivity contribution in [1.82, 2.24) is 9.99 Å². The van der Waals surface area contributed by atoms with Gasteiger partial charge in [0.15, 0.2) is 0 Å². The molecule has 6 nitrogen and oxygen atoms in total. The summed E-state index contributed by atoms with van der Waals surface area (Å²) in [4.78, 5) is 28.3. The van der Waals surface area contributed by atoms with Gasteiger partial charge in [-0.15, -0.1) is 0 Å². The second-order valence-electron chi connectivity index (χ2n) is 5.30. The van der Waals surface area contributed by atoms with Crippen molar-refractivity contribution < 1.29 is 9.59 Å². The molecule has 0 saturated carbocycles. The van der Waals surface area contributed by atoms with Crippen molar-refractivity contribution in [3.8, 4) is 0 Å². The van der Waals surface area contributed by atoms with Gasteiger partial charge >= 0.3 is 0 Å². The maximum absolute atomic E-state index is 12.3. The third-order valence-electron chi connectivity index (χ3n) is 3.51. The summed E-state index contributed by atoms with van der Waals surface area (Å²) in [7, 11) is 0. The second-order valence-corrected chi connectivity index (χ2v) is 5.74. The highest BCUT2D eigenvalue weighted by Crippen LogP contribution is 2.15. The van der Waals surface area contributed by atoms with Gasteiger partial charge < -0.3 is 5.32 Å². The molecule has 0 aliphatic carbocycles. The van der Waals surface area contributed by atoms with Crippen molar-refractivity contribution in [2.45, 2.75) is 19.4 Å². The average molecular weight is 343 g/mol. The molecule has 2 aromatic rings. The van der Waals surface area contributed by atoms with E-state index in [0.717, 1.165) is 5.56 Å². The lowest BCUT2D eigenvalue weighted by atomic mass is 10.1. The molecular formula is C17H15ClN4O2. The Balaban J connectivity index is 1.72. The minimum absolute atomic E-state index is 0.0972. The fourth-order valence-electron chi connectivity index (χ4n) is 2.28. The molecule has 0 bridgehead atoms. The van der Waals surface area contributed by atoms with Crippen LogP contribution in [-0.4, -0.2) is 27.5 Å². The van der Waals surface area contributed by atoms with Crippen LogP contribution in [0, 0.1) is 0 Å². The van der Waals surface area contributed by atoms with Gasteiger partial charge in [0, 0.05) is 19.0 Å². The first-order valence-electron chi connectivity index (χ1n) is 7.46. The molecule has 0 atom stereocenters. The normalized spacial score (nSPS) is 14.3. The minimum atomic E-state index is -0.365. The average Bonchev–Trinajstić information content (AvgIpc) is 2.60. The Bertz CT molecular complexity index is 775. The number of rotatable bonds is 4. The minimum Gasteiger partial charge on any atom is -0.305 e. The SMILES string of the molecule is O=C(Nc1ccc(Cl)cn1)C1=NN(Cc2ccccc2)C(=O)CC1. The highest BCUT2D eigenvalue weighted by Gasteiger charge is 2.24. The number of amides is 2. The van der Waals surface area contributed by atoms with Gasteiger partial charge in [-0.25, -0.2) is 9.99 Å². The lowest BCUT2D eigenvalue weighted by Gasteiger charge is -2.23. The predicted octanol–water partition coefficient (Wildman–Crippen LogP) is 2.85. The standard InChI is InChI=1S/C17H15ClN4O2/c18-13-6-8-15(19-10-13)20-17(24)14-7-9-16(23)22(21-14)11-12-4-2-1-3-5-12/h1-6,8,10H,7,9,11H2,(H,19,20,24). The van der Waals surface area contributed by atoms with Crippen molar-refractivity contribution >= 4 is 34.9 Å². The highest BCUT2D eigenvalue weighted by molar-refractivity contribution is 6.43. The third kappa shape index (κ3) is 3.97. The number of carbonyl (C=O) groups is 2. The zero-order valence-corrected chi connectivity index (χ0v) is 13.5.